The Morgan fingerprint density at radius 3 is 2.23 bits per heavy atom. The summed E-state index contributed by atoms with van der Waals surface area (Å²) in [5, 5.41) is 11.6. The molecule has 2 fully saturated rings. The second-order valence-corrected chi connectivity index (χ2v) is 8.21. The van der Waals surface area contributed by atoms with Gasteiger partial charge in [0, 0.05) is 16.6 Å². The quantitative estimate of drug-likeness (QED) is 0.420. The van der Waals surface area contributed by atoms with Gasteiger partial charge < -0.3 is 14.7 Å². The number of ether oxygens (including phenoxy) is 1. The van der Waals surface area contributed by atoms with Gasteiger partial charge in [0.05, 0.1) is 18.7 Å². The maximum absolute atomic E-state index is 13.1. The number of benzene rings is 2. The predicted molar refractivity (Wildman–Crippen MR) is 115 cm³/mol. The molecule has 5 nitrogen and oxygen atoms in total. The largest absolute Gasteiger partial charge is 0.507 e. The molecular weight excluding hydrogens is 402 g/mol. The molecule has 1 N–H and O–H groups in total. The van der Waals surface area contributed by atoms with E-state index in [4.69, 9.17) is 16.3 Å². The lowest BCUT2D eigenvalue weighted by Gasteiger charge is -2.35. The number of nitrogens with zero attached hydrogens (tertiary/aromatic N) is 1. The molecule has 0 radical (unpaired) electrons. The van der Waals surface area contributed by atoms with Crippen molar-refractivity contribution >= 4 is 29.1 Å². The van der Waals surface area contributed by atoms with Crippen molar-refractivity contribution in [1.29, 1.82) is 0 Å². The number of ketones is 1. The predicted octanol–water partition coefficient (Wildman–Crippen LogP) is 5.10. The standard InChI is InChI=1S/C24H24ClNO4/c1-30-19-13-9-15(10-14-19)21-20(22(27)16-7-11-17(25)12-8-16)23(28)24(29)26(21)18-5-3-2-4-6-18/h7-14,18,21,27H,2-6H2,1H3/b22-20-. The highest BCUT2D eigenvalue weighted by Gasteiger charge is 2.48. The van der Waals surface area contributed by atoms with Gasteiger partial charge in [0.15, 0.2) is 0 Å². The van der Waals surface area contributed by atoms with Crippen molar-refractivity contribution in [2.24, 2.45) is 0 Å². The SMILES string of the molecule is COc1ccc(C2/C(=C(/O)c3ccc(Cl)cc3)C(=O)C(=O)N2C2CCCCC2)cc1. The summed E-state index contributed by atoms with van der Waals surface area (Å²) in [7, 11) is 1.59. The third-order valence-corrected chi connectivity index (χ3v) is 6.25. The van der Waals surface area contributed by atoms with Crippen LogP contribution in [-0.4, -0.2) is 34.8 Å². The van der Waals surface area contributed by atoms with Crippen LogP contribution in [0, 0.1) is 0 Å². The maximum Gasteiger partial charge on any atom is 0.295 e. The smallest absolute Gasteiger partial charge is 0.295 e. The van der Waals surface area contributed by atoms with E-state index in [-0.39, 0.29) is 17.4 Å². The second kappa shape index (κ2) is 8.52. The summed E-state index contributed by atoms with van der Waals surface area (Å²) in [6.45, 7) is 0. The fraction of sp³-hybridized carbons (Fsp3) is 0.333. The van der Waals surface area contributed by atoms with E-state index >= 15 is 0 Å². The van der Waals surface area contributed by atoms with Crippen LogP contribution in [0.3, 0.4) is 0 Å². The lowest BCUT2D eigenvalue weighted by Crippen LogP contribution is -2.40. The van der Waals surface area contributed by atoms with Gasteiger partial charge in [-0.05, 0) is 54.8 Å². The zero-order valence-corrected chi connectivity index (χ0v) is 17.6. The van der Waals surface area contributed by atoms with E-state index in [1.54, 1.807) is 48.4 Å². The number of halogens is 1. The summed E-state index contributed by atoms with van der Waals surface area (Å²) in [4.78, 5) is 27.9. The summed E-state index contributed by atoms with van der Waals surface area (Å²) in [6, 6.07) is 13.3. The maximum atomic E-state index is 13.1. The van der Waals surface area contributed by atoms with Gasteiger partial charge in [-0.2, -0.15) is 0 Å². The van der Waals surface area contributed by atoms with E-state index in [1.165, 1.54) is 0 Å². The molecule has 0 bridgehead atoms. The Hall–Kier alpha value is -2.79. The molecule has 2 aliphatic rings. The fourth-order valence-electron chi connectivity index (χ4n) is 4.46. The molecule has 2 aromatic carbocycles. The van der Waals surface area contributed by atoms with E-state index in [0.29, 0.717) is 16.3 Å². The first-order valence-corrected chi connectivity index (χ1v) is 10.6. The minimum Gasteiger partial charge on any atom is -0.507 e. The molecule has 0 spiro atoms. The average Bonchev–Trinajstić information content (AvgIpc) is 3.05. The number of hydrogen-bond acceptors (Lipinski definition) is 4. The molecule has 30 heavy (non-hydrogen) atoms. The van der Waals surface area contributed by atoms with Crippen LogP contribution >= 0.6 is 11.6 Å². The van der Waals surface area contributed by atoms with Gasteiger partial charge in [-0.3, -0.25) is 9.59 Å². The van der Waals surface area contributed by atoms with Crippen LogP contribution in [0.15, 0.2) is 54.1 Å². The Kier molecular flexibility index (Phi) is 5.82. The van der Waals surface area contributed by atoms with E-state index < -0.39 is 17.7 Å². The Balaban J connectivity index is 1.85. The van der Waals surface area contributed by atoms with Gasteiger partial charge in [0.1, 0.15) is 11.5 Å². The summed E-state index contributed by atoms with van der Waals surface area (Å²) in [5.74, 6) is -0.678. The van der Waals surface area contributed by atoms with Crippen LogP contribution < -0.4 is 4.74 Å². The van der Waals surface area contributed by atoms with Gasteiger partial charge in [0.2, 0.25) is 0 Å². The molecule has 4 rings (SSSR count). The number of aliphatic hydroxyl groups excluding tert-OH is 1. The van der Waals surface area contributed by atoms with Crippen LogP contribution in [0.2, 0.25) is 5.02 Å². The number of amides is 1. The Morgan fingerprint density at radius 2 is 1.63 bits per heavy atom. The summed E-state index contributed by atoms with van der Waals surface area (Å²) < 4.78 is 5.25. The van der Waals surface area contributed by atoms with E-state index in [9.17, 15) is 14.7 Å². The Morgan fingerprint density at radius 1 is 1.00 bits per heavy atom. The van der Waals surface area contributed by atoms with Crippen molar-refractivity contribution in [3.05, 3.63) is 70.3 Å². The van der Waals surface area contributed by atoms with E-state index in [2.05, 4.69) is 0 Å². The third-order valence-electron chi connectivity index (χ3n) is 6.00. The lowest BCUT2D eigenvalue weighted by atomic mass is 9.91. The van der Waals surface area contributed by atoms with Crippen molar-refractivity contribution in [2.45, 2.75) is 44.2 Å². The number of carbonyl (C=O) groups is 2. The summed E-state index contributed by atoms with van der Waals surface area (Å²) in [6.07, 6.45) is 4.92. The third kappa shape index (κ3) is 3.70. The van der Waals surface area contributed by atoms with Crippen molar-refractivity contribution in [1.82, 2.24) is 4.90 Å². The Labute approximate surface area is 180 Å². The molecule has 1 amide bonds. The van der Waals surface area contributed by atoms with Crippen LogP contribution in [0.4, 0.5) is 0 Å². The second-order valence-electron chi connectivity index (χ2n) is 7.78. The number of aliphatic hydroxyl groups is 1. The van der Waals surface area contributed by atoms with Gasteiger partial charge >= 0.3 is 0 Å². The zero-order chi connectivity index (χ0) is 21.3. The molecule has 0 aromatic heterocycles. The number of methoxy groups -OCH3 is 1. The topological polar surface area (TPSA) is 66.8 Å². The molecule has 1 aliphatic heterocycles. The van der Waals surface area contributed by atoms with E-state index in [0.717, 1.165) is 37.7 Å². The van der Waals surface area contributed by atoms with Gasteiger partial charge in [-0.25, -0.2) is 0 Å². The van der Waals surface area contributed by atoms with Gasteiger partial charge in [0.25, 0.3) is 11.7 Å². The average molecular weight is 426 g/mol. The highest BCUT2D eigenvalue weighted by molar-refractivity contribution is 6.46. The molecule has 1 saturated heterocycles. The van der Waals surface area contributed by atoms with Gasteiger partial charge in [-0.1, -0.05) is 43.0 Å². The first-order chi connectivity index (χ1) is 14.5. The molecular formula is C24H24ClNO4. The van der Waals surface area contributed by atoms with Crippen LogP contribution in [0.1, 0.15) is 49.3 Å². The number of likely N-dealkylation sites (tertiary alicyclic amines) is 1. The monoisotopic (exact) mass is 425 g/mol. The van der Waals surface area contributed by atoms with Crippen molar-refractivity contribution in [3.63, 3.8) is 0 Å². The molecule has 156 valence electrons. The number of Topliss-reactive ketones (excluding diaryl/α,β-unsaturated/α-hetero) is 1. The molecule has 1 atom stereocenters. The fourth-order valence-corrected chi connectivity index (χ4v) is 4.59. The first-order valence-electron chi connectivity index (χ1n) is 10.2. The summed E-state index contributed by atoms with van der Waals surface area (Å²) >= 11 is 5.97. The number of hydrogen-bond donors (Lipinski definition) is 1. The molecule has 1 saturated carbocycles. The molecule has 1 aliphatic carbocycles. The first kappa shape index (κ1) is 20.5. The minimum atomic E-state index is -0.645. The minimum absolute atomic E-state index is 0.0159. The highest BCUT2D eigenvalue weighted by Crippen LogP contribution is 2.43. The number of rotatable bonds is 4. The van der Waals surface area contributed by atoms with Crippen LogP contribution in [0.25, 0.3) is 5.76 Å². The molecule has 1 heterocycles. The molecule has 1 unspecified atom stereocenters. The molecule has 6 heteroatoms. The van der Waals surface area contributed by atoms with Gasteiger partial charge in [-0.15, -0.1) is 0 Å². The van der Waals surface area contributed by atoms with E-state index in [1.807, 2.05) is 12.1 Å². The van der Waals surface area contributed by atoms with Crippen molar-refractivity contribution < 1.29 is 19.4 Å². The van der Waals surface area contributed by atoms with Crippen LogP contribution in [0.5, 0.6) is 5.75 Å². The lowest BCUT2D eigenvalue weighted by molar-refractivity contribution is -0.141. The highest BCUT2D eigenvalue weighted by atomic mass is 35.5. The Bertz CT molecular complexity index is 975. The number of carbonyl (C=O) groups excluding carboxylic acids is 2. The van der Waals surface area contributed by atoms with Crippen molar-refractivity contribution in [3.8, 4) is 5.75 Å². The molecule has 2 aromatic rings. The summed E-state index contributed by atoms with van der Waals surface area (Å²) in [5.41, 5.74) is 1.36. The normalized spacial score (nSPS) is 21.8. The van der Waals surface area contributed by atoms with Crippen molar-refractivity contribution in [2.75, 3.05) is 7.11 Å². The zero-order valence-electron chi connectivity index (χ0n) is 16.8. The van der Waals surface area contributed by atoms with Crippen LogP contribution in [-0.2, 0) is 9.59 Å².